The third-order valence-corrected chi connectivity index (χ3v) is 16.8. The molecule has 0 bridgehead atoms. The predicted molar refractivity (Wildman–Crippen MR) is 362 cm³/mol. The Hall–Kier alpha value is -2.63. The Balaban J connectivity index is 4.14. The van der Waals surface area contributed by atoms with Crippen LogP contribution in [0.1, 0.15) is 406 Å². The highest BCUT2D eigenvalue weighted by atomic mass is 16.6. The highest BCUT2D eigenvalue weighted by molar-refractivity contribution is 5.71. The number of unbranched alkanes of at least 4 members (excludes halogenated alkanes) is 50. The number of esters is 3. The SMILES string of the molecule is CC/C=C\C/C=C\C/C=C\C/C=C\CCCCCCC(=O)OC(COC(=O)CCCCCCCCCCCCCCCCC)COC(=O)CCCCCCCCCCCCCCCCCCCCCCCCCCCCCCCCCCC. The van der Waals surface area contributed by atoms with Crippen LogP contribution in [0, 0.1) is 0 Å². The molecule has 0 aromatic rings. The molecule has 486 valence electrons. The van der Waals surface area contributed by atoms with Crippen LogP contribution in [0.15, 0.2) is 48.6 Å². The molecule has 6 heteroatoms. The van der Waals surface area contributed by atoms with Crippen molar-refractivity contribution in [1.29, 1.82) is 0 Å². The maximum atomic E-state index is 12.9. The second kappa shape index (κ2) is 71.8. The highest BCUT2D eigenvalue weighted by Gasteiger charge is 2.19. The molecule has 0 aliphatic heterocycles. The van der Waals surface area contributed by atoms with Gasteiger partial charge in [-0.1, -0.05) is 378 Å². The second-order valence-electron chi connectivity index (χ2n) is 25.2. The quantitative estimate of drug-likeness (QED) is 0.0261. The van der Waals surface area contributed by atoms with Gasteiger partial charge in [0.1, 0.15) is 13.2 Å². The fraction of sp³-hybridized carbons (Fsp3) is 0.857. The molecule has 0 radical (unpaired) electrons. The average Bonchev–Trinajstić information content (AvgIpc) is 3.49. The van der Waals surface area contributed by atoms with Gasteiger partial charge in [0, 0.05) is 19.3 Å². The van der Waals surface area contributed by atoms with Gasteiger partial charge in [-0.25, -0.2) is 0 Å². The minimum Gasteiger partial charge on any atom is -0.462 e. The van der Waals surface area contributed by atoms with Crippen molar-refractivity contribution >= 4 is 17.9 Å². The summed E-state index contributed by atoms with van der Waals surface area (Å²) in [6.07, 6.45) is 91.7. The molecule has 0 aliphatic carbocycles. The van der Waals surface area contributed by atoms with Gasteiger partial charge in [0.2, 0.25) is 0 Å². The Morgan fingerprint density at radius 2 is 0.470 bits per heavy atom. The first-order chi connectivity index (χ1) is 41.0. The zero-order valence-corrected chi connectivity index (χ0v) is 56.0. The fourth-order valence-electron chi connectivity index (χ4n) is 11.3. The molecule has 83 heavy (non-hydrogen) atoms. The van der Waals surface area contributed by atoms with Crippen molar-refractivity contribution in [3.05, 3.63) is 48.6 Å². The largest absolute Gasteiger partial charge is 0.462 e. The Morgan fingerprint density at radius 3 is 0.735 bits per heavy atom. The molecule has 0 aromatic carbocycles. The lowest BCUT2D eigenvalue weighted by molar-refractivity contribution is -0.167. The summed E-state index contributed by atoms with van der Waals surface area (Å²) in [5.74, 6) is -0.874. The van der Waals surface area contributed by atoms with Crippen LogP contribution in [0.4, 0.5) is 0 Å². The zero-order chi connectivity index (χ0) is 59.9. The minimum absolute atomic E-state index is 0.0780. The monoisotopic (exact) mass is 1160 g/mol. The van der Waals surface area contributed by atoms with Crippen LogP contribution < -0.4 is 0 Å². The number of allylic oxidation sites excluding steroid dienone is 8. The third-order valence-electron chi connectivity index (χ3n) is 16.8. The molecule has 0 aliphatic rings. The fourth-order valence-corrected chi connectivity index (χ4v) is 11.3. The molecule has 1 atom stereocenters. The smallest absolute Gasteiger partial charge is 0.306 e. The van der Waals surface area contributed by atoms with E-state index in [2.05, 4.69) is 69.4 Å². The molecule has 0 saturated carbocycles. The van der Waals surface area contributed by atoms with Crippen molar-refractivity contribution in [3.63, 3.8) is 0 Å². The van der Waals surface area contributed by atoms with Crippen LogP contribution in [0.2, 0.25) is 0 Å². The van der Waals surface area contributed by atoms with E-state index in [4.69, 9.17) is 14.2 Å². The number of hydrogen-bond donors (Lipinski definition) is 0. The van der Waals surface area contributed by atoms with E-state index in [1.54, 1.807) is 0 Å². The molecule has 6 nitrogen and oxygen atoms in total. The summed E-state index contributed by atoms with van der Waals surface area (Å²) in [6, 6.07) is 0. The van der Waals surface area contributed by atoms with Gasteiger partial charge in [-0.15, -0.1) is 0 Å². The number of carbonyl (C=O) groups is 3. The predicted octanol–water partition coefficient (Wildman–Crippen LogP) is 25.7. The van der Waals surface area contributed by atoms with E-state index >= 15 is 0 Å². The van der Waals surface area contributed by atoms with E-state index in [0.717, 1.165) is 96.3 Å². The first-order valence-corrected chi connectivity index (χ1v) is 37.1. The number of ether oxygens (including phenoxy) is 3. The van der Waals surface area contributed by atoms with Crippen molar-refractivity contribution in [1.82, 2.24) is 0 Å². The molecule has 0 fully saturated rings. The van der Waals surface area contributed by atoms with Gasteiger partial charge in [0.25, 0.3) is 0 Å². The maximum Gasteiger partial charge on any atom is 0.306 e. The van der Waals surface area contributed by atoms with Gasteiger partial charge in [-0.2, -0.15) is 0 Å². The van der Waals surface area contributed by atoms with Crippen molar-refractivity contribution in [2.24, 2.45) is 0 Å². The zero-order valence-electron chi connectivity index (χ0n) is 56.0. The summed E-state index contributed by atoms with van der Waals surface area (Å²) in [5.41, 5.74) is 0. The second-order valence-corrected chi connectivity index (χ2v) is 25.2. The topological polar surface area (TPSA) is 78.9 Å². The summed E-state index contributed by atoms with van der Waals surface area (Å²) in [7, 11) is 0. The van der Waals surface area contributed by atoms with Crippen LogP contribution in [0.25, 0.3) is 0 Å². The van der Waals surface area contributed by atoms with Crippen molar-refractivity contribution in [2.45, 2.75) is 412 Å². The Bertz CT molecular complexity index is 1430. The molecule has 0 spiro atoms. The molecule has 0 saturated heterocycles. The third kappa shape index (κ3) is 70.0. The van der Waals surface area contributed by atoms with Crippen LogP contribution in [0.5, 0.6) is 0 Å². The Kier molecular flexibility index (Phi) is 69.6. The van der Waals surface area contributed by atoms with Crippen molar-refractivity contribution < 1.29 is 28.6 Å². The van der Waals surface area contributed by atoms with Crippen LogP contribution in [0.3, 0.4) is 0 Å². The lowest BCUT2D eigenvalue weighted by Gasteiger charge is -2.18. The summed E-state index contributed by atoms with van der Waals surface area (Å²) in [6.45, 7) is 6.58. The van der Waals surface area contributed by atoms with Crippen LogP contribution in [-0.2, 0) is 28.6 Å². The summed E-state index contributed by atoms with van der Waals surface area (Å²) in [4.78, 5) is 38.4. The van der Waals surface area contributed by atoms with E-state index in [1.807, 2.05) is 0 Å². The van der Waals surface area contributed by atoms with Crippen molar-refractivity contribution in [3.8, 4) is 0 Å². The Labute approximate surface area is 518 Å². The van der Waals surface area contributed by atoms with Crippen LogP contribution >= 0.6 is 0 Å². The number of rotatable bonds is 69. The van der Waals surface area contributed by atoms with Gasteiger partial charge in [-0.3, -0.25) is 14.4 Å². The van der Waals surface area contributed by atoms with Gasteiger partial charge in [-0.05, 0) is 57.8 Å². The number of carbonyl (C=O) groups excluding carboxylic acids is 3. The summed E-state index contributed by atoms with van der Waals surface area (Å²) in [5, 5.41) is 0. The van der Waals surface area contributed by atoms with Crippen molar-refractivity contribution in [2.75, 3.05) is 13.2 Å². The van der Waals surface area contributed by atoms with Gasteiger partial charge in [0.05, 0.1) is 0 Å². The van der Waals surface area contributed by atoms with E-state index in [9.17, 15) is 14.4 Å². The molecule has 0 N–H and O–H groups in total. The average molecular weight is 1160 g/mol. The molecule has 0 rings (SSSR count). The van der Waals surface area contributed by atoms with E-state index < -0.39 is 6.10 Å². The maximum absolute atomic E-state index is 12.9. The molecule has 0 amide bonds. The molecule has 1 unspecified atom stereocenters. The van der Waals surface area contributed by atoms with E-state index in [-0.39, 0.29) is 31.1 Å². The molecule has 0 heterocycles. The highest BCUT2D eigenvalue weighted by Crippen LogP contribution is 2.19. The Morgan fingerprint density at radius 1 is 0.253 bits per heavy atom. The molecule has 0 aromatic heterocycles. The summed E-state index contributed by atoms with van der Waals surface area (Å²) < 4.78 is 17.0. The number of hydrogen-bond acceptors (Lipinski definition) is 6. The van der Waals surface area contributed by atoms with Gasteiger partial charge in [0.15, 0.2) is 6.10 Å². The van der Waals surface area contributed by atoms with E-state index in [0.29, 0.717) is 19.3 Å². The van der Waals surface area contributed by atoms with Gasteiger partial charge < -0.3 is 14.2 Å². The van der Waals surface area contributed by atoms with Crippen LogP contribution in [-0.4, -0.2) is 37.2 Å². The van der Waals surface area contributed by atoms with E-state index in [1.165, 1.54) is 270 Å². The standard InChI is InChI=1S/C77H142O6/c1-4-7-10-13-16-19-22-25-28-30-31-32-33-34-35-36-37-38-39-40-41-42-43-44-45-47-49-52-55-58-61-64-67-70-76(79)82-73-74(72-81-75(78)69-66-63-60-57-54-51-48-27-24-21-18-15-12-9-6-3)83-77(80)71-68-65-62-59-56-53-50-46-29-26-23-20-17-14-11-8-5-2/h8,11,17,20,26,29,50,53,74H,4-7,9-10,12-16,18-19,21-25,27-28,30-49,51-52,54-73H2,1-3H3/b11-8-,20-17-,29-26-,53-50-. The normalized spacial score (nSPS) is 12.3. The first-order valence-electron chi connectivity index (χ1n) is 37.1. The lowest BCUT2D eigenvalue weighted by Crippen LogP contribution is -2.30. The first kappa shape index (κ1) is 80.4. The van der Waals surface area contributed by atoms with Gasteiger partial charge >= 0.3 is 17.9 Å². The molecular formula is C77H142O6. The minimum atomic E-state index is -0.785. The lowest BCUT2D eigenvalue weighted by atomic mass is 10.0. The summed E-state index contributed by atoms with van der Waals surface area (Å²) >= 11 is 0. The molecular weight excluding hydrogens is 1020 g/mol.